The van der Waals surface area contributed by atoms with E-state index < -0.39 is 0 Å². The fraction of sp³-hybridized carbons (Fsp3) is 0.889. The molecule has 0 heterocycles. The Labute approximate surface area is 65.2 Å². The third kappa shape index (κ3) is 4.80. The van der Waals surface area contributed by atoms with Gasteiger partial charge < -0.3 is 5.32 Å². The standard InChI is InChI=1S/C9H20N/c1-4-7-9(5-2)8-10-6-3/h4,9-10H,5-8H2,1-3H3. The summed E-state index contributed by atoms with van der Waals surface area (Å²) in [4.78, 5) is 0. The largest absolute Gasteiger partial charge is 0.317 e. The van der Waals surface area contributed by atoms with Gasteiger partial charge in [-0.05, 0) is 31.8 Å². The van der Waals surface area contributed by atoms with E-state index in [0.29, 0.717) is 0 Å². The highest BCUT2D eigenvalue weighted by molar-refractivity contribution is 4.67. The molecular weight excluding hydrogens is 122 g/mol. The molecule has 0 fully saturated rings. The molecule has 0 saturated carbocycles. The van der Waals surface area contributed by atoms with Crippen molar-refractivity contribution in [1.29, 1.82) is 0 Å². The lowest BCUT2D eigenvalue weighted by atomic mass is 10.0. The summed E-state index contributed by atoms with van der Waals surface area (Å²) in [7, 11) is 0. The Hall–Kier alpha value is -0.0400. The molecule has 1 unspecified atom stereocenters. The zero-order valence-corrected chi connectivity index (χ0v) is 7.48. The molecule has 1 nitrogen and oxygen atoms in total. The second-order valence-electron chi connectivity index (χ2n) is 2.73. The van der Waals surface area contributed by atoms with Crippen molar-refractivity contribution in [2.75, 3.05) is 13.1 Å². The van der Waals surface area contributed by atoms with Gasteiger partial charge in [0.25, 0.3) is 0 Å². The molecule has 0 aliphatic rings. The maximum absolute atomic E-state index is 3.36. The molecule has 0 aliphatic carbocycles. The maximum atomic E-state index is 3.36. The van der Waals surface area contributed by atoms with E-state index in [1.807, 2.05) is 0 Å². The number of rotatable bonds is 6. The fourth-order valence-corrected chi connectivity index (χ4v) is 1.08. The van der Waals surface area contributed by atoms with Crippen LogP contribution in [0.1, 0.15) is 33.6 Å². The summed E-state index contributed by atoms with van der Waals surface area (Å²) in [6.07, 6.45) is 4.80. The van der Waals surface area contributed by atoms with E-state index in [1.54, 1.807) is 0 Å². The summed E-state index contributed by atoms with van der Waals surface area (Å²) in [5.74, 6) is 0.852. The smallest absolute Gasteiger partial charge is 0.00206 e. The molecule has 61 valence electrons. The average molecular weight is 142 g/mol. The third-order valence-electron chi connectivity index (χ3n) is 1.83. The second kappa shape index (κ2) is 7.07. The maximum Gasteiger partial charge on any atom is -0.00206 e. The van der Waals surface area contributed by atoms with Crippen LogP contribution in [0.3, 0.4) is 0 Å². The number of hydrogen-bond acceptors (Lipinski definition) is 1. The van der Waals surface area contributed by atoms with Crippen molar-refractivity contribution in [2.45, 2.75) is 33.6 Å². The Bertz CT molecular complexity index is 61.7. The molecule has 0 spiro atoms. The highest BCUT2D eigenvalue weighted by Crippen LogP contribution is 2.07. The monoisotopic (exact) mass is 142 g/mol. The Morgan fingerprint density at radius 1 is 1.40 bits per heavy atom. The van der Waals surface area contributed by atoms with Crippen LogP contribution in [-0.2, 0) is 0 Å². The van der Waals surface area contributed by atoms with Crippen molar-refractivity contribution in [1.82, 2.24) is 5.32 Å². The quantitative estimate of drug-likeness (QED) is 0.599. The van der Waals surface area contributed by atoms with Gasteiger partial charge in [0.1, 0.15) is 0 Å². The van der Waals surface area contributed by atoms with E-state index in [1.165, 1.54) is 19.4 Å². The van der Waals surface area contributed by atoms with Crippen molar-refractivity contribution >= 4 is 0 Å². The Kier molecular flexibility index (Phi) is 7.04. The predicted octanol–water partition coefficient (Wildman–Crippen LogP) is 2.24. The molecule has 0 aromatic rings. The van der Waals surface area contributed by atoms with Crippen molar-refractivity contribution < 1.29 is 0 Å². The topological polar surface area (TPSA) is 12.0 Å². The van der Waals surface area contributed by atoms with E-state index in [-0.39, 0.29) is 0 Å². The molecule has 1 atom stereocenters. The van der Waals surface area contributed by atoms with Crippen molar-refractivity contribution in [3.8, 4) is 0 Å². The van der Waals surface area contributed by atoms with Crippen molar-refractivity contribution in [2.24, 2.45) is 5.92 Å². The molecule has 0 bridgehead atoms. The lowest BCUT2D eigenvalue weighted by Gasteiger charge is -2.12. The van der Waals surface area contributed by atoms with Crippen LogP contribution in [-0.4, -0.2) is 13.1 Å². The lowest BCUT2D eigenvalue weighted by Crippen LogP contribution is -2.21. The second-order valence-corrected chi connectivity index (χ2v) is 2.73. The summed E-state index contributed by atoms with van der Waals surface area (Å²) >= 11 is 0. The highest BCUT2D eigenvalue weighted by atomic mass is 14.8. The zero-order valence-electron chi connectivity index (χ0n) is 7.48. The summed E-state index contributed by atoms with van der Waals surface area (Å²) in [6.45, 7) is 8.82. The van der Waals surface area contributed by atoms with Crippen LogP contribution >= 0.6 is 0 Å². The van der Waals surface area contributed by atoms with Gasteiger partial charge >= 0.3 is 0 Å². The fourth-order valence-electron chi connectivity index (χ4n) is 1.08. The van der Waals surface area contributed by atoms with Crippen LogP contribution in [0, 0.1) is 12.3 Å². The molecule has 1 radical (unpaired) electrons. The lowest BCUT2D eigenvalue weighted by molar-refractivity contribution is 0.464. The Morgan fingerprint density at radius 3 is 2.50 bits per heavy atom. The first-order chi connectivity index (χ1) is 4.85. The van der Waals surface area contributed by atoms with Crippen LogP contribution in [0.25, 0.3) is 0 Å². The molecule has 0 aromatic carbocycles. The molecular formula is C9H20N. The minimum absolute atomic E-state index is 0.852. The van der Waals surface area contributed by atoms with Gasteiger partial charge in [-0.15, -0.1) is 0 Å². The van der Waals surface area contributed by atoms with E-state index in [9.17, 15) is 0 Å². The first-order valence-electron chi connectivity index (χ1n) is 4.33. The van der Waals surface area contributed by atoms with Crippen LogP contribution in [0.2, 0.25) is 0 Å². The van der Waals surface area contributed by atoms with Crippen LogP contribution in [0.4, 0.5) is 0 Å². The molecule has 0 saturated heterocycles. The SMILES string of the molecule is C[CH]CC(CC)CNCC. The van der Waals surface area contributed by atoms with E-state index in [2.05, 4.69) is 32.5 Å². The van der Waals surface area contributed by atoms with Gasteiger partial charge in [0.05, 0.1) is 0 Å². The van der Waals surface area contributed by atoms with E-state index in [4.69, 9.17) is 0 Å². The predicted molar refractivity (Wildman–Crippen MR) is 46.9 cm³/mol. The first-order valence-corrected chi connectivity index (χ1v) is 4.33. The molecule has 1 heteroatoms. The summed E-state index contributed by atoms with van der Waals surface area (Å²) in [5.41, 5.74) is 0. The molecule has 0 amide bonds. The Morgan fingerprint density at radius 2 is 2.10 bits per heavy atom. The normalized spacial score (nSPS) is 13.5. The van der Waals surface area contributed by atoms with Gasteiger partial charge in [-0.25, -0.2) is 0 Å². The molecule has 0 rings (SSSR count). The number of nitrogens with one attached hydrogen (secondary N) is 1. The Balaban J connectivity index is 3.21. The van der Waals surface area contributed by atoms with Gasteiger partial charge in [0, 0.05) is 0 Å². The number of hydrogen-bond donors (Lipinski definition) is 1. The third-order valence-corrected chi connectivity index (χ3v) is 1.83. The van der Waals surface area contributed by atoms with E-state index in [0.717, 1.165) is 12.5 Å². The van der Waals surface area contributed by atoms with Gasteiger partial charge in [-0.2, -0.15) is 0 Å². The van der Waals surface area contributed by atoms with Gasteiger partial charge in [-0.1, -0.05) is 27.2 Å². The minimum Gasteiger partial charge on any atom is -0.317 e. The minimum atomic E-state index is 0.852. The average Bonchev–Trinajstić information content (AvgIpc) is 1.98. The summed E-state index contributed by atoms with van der Waals surface area (Å²) in [6, 6.07) is 0. The van der Waals surface area contributed by atoms with Crippen molar-refractivity contribution in [3.63, 3.8) is 0 Å². The van der Waals surface area contributed by atoms with E-state index >= 15 is 0 Å². The van der Waals surface area contributed by atoms with Gasteiger partial charge in [-0.3, -0.25) is 0 Å². The highest BCUT2D eigenvalue weighted by Gasteiger charge is 2.02. The van der Waals surface area contributed by atoms with Crippen LogP contribution < -0.4 is 5.32 Å². The molecule has 10 heavy (non-hydrogen) atoms. The molecule has 1 N–H and O–H groups in total. The molecule has 0 aliphatic heterocycles. The van der Waals surface area contributed by atoms with Crippen LogP contribution in [0.5, 0.6) is 0 Å². The van der Waals surface area contributed by atoms with Gasteiger partial charge in [0.2, 0.25) is 0 Å². The summed E-state index contributed by atoms with van der Waals surface area (Å²) < 4.78 is 0. The van der Waals surface area contributed by atoms with Crippen molar-refractivity contribution in [3.05, 3.63) is 6.42 Å². The van der Waals surface area contributed by atoms with Gasteiger partial charge in [0.15, 0.2) is 0 Å². The first kappa shape index (κ1) is 9.96. The zero-order chi connectivity index (χ0) is 7.82. The summed E-state index contributed by atoms with van der Waals surface area (Å²) in [5, 5.41) is 3.36. The molecule has 0 aromatic heterocycles. The van der Waals surface area contributed by atoms with Crippen LogP contribution in [0.15, 0.2) is 0 Å².